The van der Waals surface area contributed by atoms with E-state index in [1.165, 1.54) is 13.8 Å². The number of aliphatic hydroxyl groups is 5. The number of hydrogen-bond donors (Lipinski definition) is 7. The Hall–Kier alpha value is -0.640. The van der Waals surface area contributed by atoms with Crippen molar-refractivity contribution in [3.05, 3.63) is 0 Å². The van der Waals surface area contributed by atoms with Crippen LogP contribution >= 0.6 is 11.6 Å². The first-order chi connectivity index (χ1) is 20.7. The van der Waals surface area contributed by atoms with E-state index in [1.807, 2.05) is 32.8 Å². The molecule has 2 fully saturated rings. The summed E-state index contributed by atoms with van der Waals surface area (Å²) in [6, 6.07) is -0.852. The topological polar surface area (TPSA) is 173 Å². The van der Waals surface area contributed by atoms with Crippen molar-refractivity contribution in [2.45, 2.75) is 140 Å². The Labute approximate surface area is 275 Å². The lowest BCUT2D eigenvalue weighted by molar-refractivity contribution is -0.304. The zero-order valence-electron chi connectivity index (χ0n) is 29.0. The Bertz CT molecular complexity index is 928. The van der Waals surface area contributed by atoms with Crippen molar-refractivity contribution in [1.82, 2.24) is 15.5 Å². The van der Waals surface area contributed by atoms with E-state index in [4.69, 9.17) is 25.8 Å². The number of carbonyl (C=O) groups is 1. The third-order valence-electron chi connectivity index (χ3n) is 10.1. The first-order valence-corrected chi connectivity index (χ1v) is 17.0. The molecule has 7 N–H and O–H groups in total. The van der Waals surface area contributed by atoms with Crippen LogP contribution < -0.4 is 10.6 Å². The molecule has 13 heteroatoms. The van der Waals surface area contributed by atoms with Gasteiger partial charge >= 0.3 is 5.97 Å². The summed E-state index contributed by atoms with van der Waals surface area (Å²) in [5.41, 5.74) is -5.24. The molecule has 266 valence electrons. The summed E-state index contributed by atoms with van der Waals surface area (Å²) in [5, 5.41) is 64.9. The van der Waals surface area contributed by atoms with Crippen molar-refractivity contribution in [3.8, 4) is 0 Å². The number of carbonyl (C=O) groups excluding carboxylic acids is 1. The second-order valence-corrected chi connectivity index (χ2v) is 14.7. The van der Waals surface area contributed by atoms with Gasteiger partial charge in [-0.05, 0) is 80.4 Å². The summed E-state index contributed by atoms with van der Waals surface area (Å²) in [7, 11) is 3.74. The highest BCUT2D eigenvalue weighted by atomic mass is 35.5. The molecule has 0 spiro atoms. The average Bonchev–Trinajstić information content (AvgIpc) is 2.96. The van der Waals surface area contributed by atoms with Gasteiger partial charge in [0.25, 0.3) is 0 Å². The van der Waals surface area contributed by atoms with Crippen LogP contribution in [0.5, 0.6) is 0 Å². The highest BCUT2D eigenvalue weighted by molar-refractivity contribution is 6.18. The van der Waals surface area contributed by atoms with E-state index in [9.17, 15) is 30.3 Å². The predicted molar refractivity (Wildman–Crippen MR) is 173 cm³/mol. The number of hydrogen-bond acceptors (Lipinski definition) is 12. The van der Waals surface area contributed by atoms with E-state index in [2.05, 4.69) is 10.6 Å². The normalized spacial score (nSPS) is 46.3. The summed E-state index contributed by atoms with van der Waals surface area (Å²) in [4.78, 5) is 15.7. The molecular formula is C32H62ClN3O9. The van der Waals surface area contributed by atoms with Crippen LogP contribution in [0, 0.1) is 17.8 Å². The number of rotatable bonds is 8. The van der Waals surface area contributed by atoms with Crippen LogP contribution in [0.25, 0.3) is 0 Å². The van der Waals surface area contributed by atoms with Crippen LogP contribution in [0.4, 0.5) is 0 Å². The second-order valence-electron chi connectivity index (χ2n) is 14.4. The molecule has 2 aliphatic rings. The lowest BCUT2D eigenvalue weighted by atomic mass is 9.70. The van der Waals surface area contributed by atoms with Crippen LogP contribution in [-0.4, -0.2) is 142 Å². The van der Waals surface area contributed by atoms with E-state index >= 15 is 0 Å². The molecule has 45 heavy (non-hydrogen) atoms. The van der Waals surface area contributed by atoms with Gasteiger partial charge in [-0.3, -0.25) is 4.79 Å². The van der Waals surface area contributed by atoms with E-state index < -0.39 is 71.4 Å². The van der Waals surface area contributed by atoms with E-state index in [0.29, 0.717) is 19.5 Å². The van der Waals surface area contributed by atoms with Crippen molar-refractivity contribution >= 4 is 17.6 Å². The van der Waals surface area contributed by atoms with Crippen molar-refractivity contribution < 1.29 is 44.5 Å². The molecule has 1 unspecified atom stereocenters. The number of ether oxygens (including phenoxy) is 3. The van der Waals surface area contributed by atoms with Gasteiger partial charge in [-0.1, -0.05) is 20.8 Å². The predicted octanol–water partition coefficient (Wildman–Crippen LogP) is 0.832. The maximum absolute atomic E-state index is 13.8. The molecule has 0 amide bonds. The van der Waals surface area contributed by atoms with Crippen molar-refractivity contribution in [1.29, 1.82) is 0 Å². The molecule has 0 aromatic heterocycles. The lowest BCUT2D eigenvalue weighted by Gasteiger charge is -2.49. The first-order valence-electron chi connectivity index (χ1n) is 16.5. The number of nitrogens with zero attached hydrogens (tertiary/aromatic N) is 1. The van der Waals surface area contributed by atoms with Gasteiger partial charge in [0.2, 0.25) is 0 Å². The smallest absolute Gasteiger partial charge is 0.312 e. The summed E-state index contributed by atoms with van der Waals surface area (Å²) in [5.74, 6) is -2.78. The van der Waals surface area contributed by atoms with Crippen molar-refractivity contribution in [3.63, 3.8) is 0 Å². The molecule has 0 aromatic carbocycles. The van der Waals surface area contributed by atoms with E-state index in [1.54, 1.807) is 27.7 Å². The van der Waals surface area contributed by atoms with Gasteiger partial charge in [0.15, 0.2) is 6.29 Å². The molecule has 12 nitrogen and oxygen atoms in total. The van der Waals surface area contributed by atoms with E-state index in [0.717, 1.165) is 0 Å². The Balaban J connectivity index is 2.67. The summed E-state index contributed by atoms with van der Waals surface area (Å²) < 4.78 is 18.5. The highest BCUT2D eigenvalue weighted by Crippen LogP contribution is 2.40. The van der Waals surface area contributed by atoms with Crippen LogP contribution in [0.2, 0.25) is 0 Å². The molecule has 0 aliphatic carbocycles. The standard InChI is InChI=1S/C32H62ClN3O9/c1-11-24-31(8,41)26(38)22(6)35-16-18(2)15-30(7,40)27(45-29-25(37)23(36(9)10)14-19(3)43-29)20(4)32(42,17-34-13-12-33)21(5)28(39)44-24/h18-27,29,34-35,37-38,40-42H,11-17H2,1-10H3/t18-,19-,20-,21?,22-,23+,24-,25-,26-,27-,29+,30+,31-,32-/m1/s1. The molecular weight excluding hydrogens is 606 g/mol. The van der Waals surface area contributed by atoms with Crippen molar-refractivity contribution in [2.24, 2.45) is 17.8 Å². The maximum Gasteiger partial charge on any atom is 0.312 e. The van der Waals surface area contributed by atoms with E-state index in [-0.39, 0.29) is 43.3 Å². The van der Waals surface area contributed by atoms with Gasteiger partial charge in [0.05, 0.1) is 29.3 Å². The monoisotopic (exact) mass is 667 g/mol. The van der Waals surface area contributed by atoms with Gasteiger partial charge in [-0.2, -0.15) is 0 Å². The molecule has 0 radical (unpaired) electrons. The minimum Gasteiger partial charge on any atom is -0.459 e. The Kier molecular flexibility index (Phi) is 15.0. The average molecular weight is 668 g/mol. The molecule has 0 aromatic rings. The van der Waals surface area contributed by atoms with Gasteiger partial charge in [0.1, 0.15) is 23.9 Å². The van der Waals surface area contributed by atoms with Crippen molar-refractivity contribution in [2.75, 3.05) is 39.6 Å². The zero-order chi connectivity index (χ0) is 34.5. The molecule has 0 saturated carbocycles. The fraction of sp³-hybridized carbons (Fsp3) is 0.969. The minimum absolute atomic E-state index is 0.0954. The Morgan fingerprint density at radius 1 is 1.11 bits per heavy atom. The molecule has 0 bridgehead atoms. The van der Waals surface area contributed by atoms with Gasteiger partial charge < -0.3 is 55.3 Å². The van der Waals surface area contributed by atoms with Crippen LogP contribution in [-0.2, 0) is 19.0 Å². The molecule has 14 atom stereocenters. The third-order valence-corrected chi connectivity index (χ3v) is 10.3. The fourth-order valence-electron chi connectivity index (χ4n) is 7.08. The summed E-state index contributed by atoms with van der Waals surface area (Å²) in [6.07, 6.45) is -4.91. The quantitative estimate of drug-likeness (QED) is 0.111. The number of esters is 1. The number of aliphatic hydroxyl groups excluding tert-OH is 2. The van der Waals surface area contributed by atoms with Crippen LogP contribution in [0.3, 0.4) is 0 Å². The molecule has 2 rings (SSSR count). The summed E-state index contributed by atoms with van der Waals surface area (Å²) >= 11 is 5.94. The molecule has 2 saturated heterocycles. The molecule has 2 aliphatic heterocycles. The number of alkyl halides is 1. The minimum atomic E-state index is -1.86. The third kappa shape index (κ3) is 9.72. The SMILES string of the molecule is CC[C@H]1OC(=O)C(C)[C@@](O)(CNCCCl)[C@H](C)[C@@H](O[C@@H]2O[C@H](C)C[C@H](N(C)C)[C@H]2O)[C@@](C)(O)C[C@@H](C)CN[C@H](C)[C@@H](O)[C@]1(C)O. The summed E-state index contributed by atoms with van der Waals surface area (Å²) in [6.45, 7) is 14.2. The van der Waals surface area contributed by atoms with Gasteiger partial charge in [-0.15, -0.1) is 11.6 Å². The number of halogens is 1. The lowest BCUT2D eigenvalue weighted by Crippen LogP contribution is -2.64. The number of likely N-dealkylation sites (N-methyl/N-ethyl adjacent to an activating group) is 1. The number of cyclic esters (lactones) is 1. The van der Waals surface area contributed by atoms with Gasteiger partial charge in [0, 0.05) is 37.0 Å². The van der Waals surface area contributed by atoms with Crippen LogP contribution in [0.15, 0.2) is 0 Å². The number of nitrogens with one attached hydrogen (secondary N) is 2. The Morgan fingerprint density at radius 2 is 1.73 bits per heavy atom. The maximum atomic E-state index is 13.8. The van der Waals surface area contributed by atoms with Gasteiger partial charge in [-0.25, -0.2) is 0 Å². The Morgan fingerprint density at radius 3 is 2.29 bits per heavy atom. The highest BCUT2D eigenvalue weighted by Gasteiger charge is 2.54. The van der Waals surface area contributed by atoms with Crippen LogP contribution in [0.1, 0.15) is 74.7 Å². The molecule has 2 heterocycles. The fourth-order valence-corrected chi connectivity index (χ4v) is 7.21. The second kappa shape index (κ2) is 16.6. The first kappa shape index (κ1) is 40.5. The largest absolute Gasteiger partial charge is 0.459 e. The zero-order valence-corrected chi connectivity index (χ0v) is 29.8.